The number of rotatable bonds is 4. The first kappa shape index (κ1) is 9.74. The highest BCUT2D eigenvalue weighted by atomic mass is 127. The van der Waals surface area contributed by atoms with Crippen LogP contribution in [0.15, 0.2) is 0 Å². The van der Waals surface area contributed by atoms with E-state index >= 15 is 0 Å². The minimum absolute atomic E-state index is 0.491. The minimum atomic E-state index is 0.491. The predicted octanol–water partition coefficient (Wildman–Crippen LogP) is 2.01. The molecule has 0 saturated heterocycles. The Morgan fingerprint density at radius 1 is 1.36 bits per heavy atom. The van der Waals surface area contributed by atoms with Gasteiger partial charge in [0.05, 0.1) is 19.3 Å². The van der Waals surface area contributed by atoms with E-state index in [4.69, 9.17) is 9.47 Å². The zero-order chi connectivity index (χ0) is 8.10. The molecule has 0 aromatic rings. The normalized spacial score (nSPS) is 31.1. The van der Waals surface area contributed by atoms with Crippen molar-refractivity contribution in [2.24, 2.45) is 0 Å². The van der Waals surface area contributed by atoms with Crippen LogP contribution in [0.2, 0.25) is 0 Å². The highest BCUT2D eigenvalue weighted by Gasteiger charge is 2.24. The largest absolute Gasteiger partial charge is 0.382 e. The highest BCUT2D eigenvalue weighted by molar-refractivity contribution is 14.1. The molecule has 1 saturated carbocycles. The lowest BCUT2D eigenvalue weighted by atomic mass is 10.3. The third-order valence-electron chi connectivity index (χ3n) is 1.99. The molecule has 0 aromatic heterocycles. The molecular weight excluding hydrogens is 255 g/mol. The molecule has 1 aliphatic rings. The van der Waals surface area contributed by atoms with Crippen molar-refractivity contribution in [2.45, 2.75) is 29.3 Å². The molecule has 0 bridgehead atoms. The molecule has 2 nitrogen and oxygen atoms in total. The van der Waals surface area contributed by atoms with Gasteiger partial charge in [0, 0.05) is 11.0 Å². The monoisotopic (exact) mass is 270 g/mol. The second kappa shape index (κ2) is 5.32. The summed E-state index contributed by atoms with van der Waals surface area (Å²) in [4.78, 5) is 0. The zero-order valence-electron chi connectivity index (χ0n) is 6.88. The molecule has 1 rings (SSSR count). The quantitative estimate of drug-likeness (QED) is 0.442. The molecule has 66 valence electrons. The van der Waals surface area contributed by atoms with Gasteiger partial charge in [-0.15, -0.1) is 0 Å². The molecule has 0 N–H and O–H groups in total. The van der Waals surface area contributed by atoms with Crippen molar-refractivity contribution in [3.63, 3.8) is 0 Å². The molecular formula is C8H15IO2. The maximum absolute atomic E-state index is 5.62. The van der Waals surface area contributed by atoms with E-state index < -0.39 is 0 Å². The SMILES string of the molecule is COCCOC1CCCC1I. The van der Waals surface area contributed by atoms with E-state index in [1.54, 1.807) is 7.11 Å². The molecule has 3 heteroatoms. The first-order valence-corrected chi connectivity index (χ1v) is 5.33. The van der Waals surface area contributed by atoms with Crippen LogP contribution < -0.4 is 0 Å². The van der Waals surface area contributed by atoms with Gasteiger partial charge in [0.1, 0.15) is 0 Å². The molecule has 0 amide bonds. The minimum Gasteiger partial charge on any atom is -0.382 e. The van der Waals surface area contributed by atoms with Crippen LogP contribution >= 0.6 is 22.6 Å². The summed E-state index contributed by atoms with van der Waals surface area (Å²) in [6.07, 6.45) is 4.37. The fourth-order valence-electron chi connectivity index (χ4n) is 1.35. The van der Waals surface area contributed by atoms with Crippen LogP contribution in [0.1, 0.15) is 19.3 Å². The van der Waals surface area contributed by atoms with E-state index in [9.17, 15) is 0 Å². The fourth-order valence-corrected chi connectivity index (χ4v) is 2.36. The number of methoxy groups -OCH3 is 1. The van der Waals surface area contributed by atoms with Gasteiger partial charge in [0.15, 0.2) is 0 Å². The van der Waals surface area contributed by atoms with E-state index in [1.165, 1.54) is 19.3 Å². The van der Waals surface area contributed by atoms with E-state index in [-0.39, 0.29) is 0 Å². The first-order valence-electron chi connectivity index (χ1n) is 4.09. The summed E-state index contributed by atoms with van der Waals surface area (Å²) in [6, 6.07) is 0. The fraction of sp³-hybridized carbons (Fsp3) is 1.00. The number of hydrogen-bond donors (Lipinski definition) is 0. The Morgan fingerprint density at radius 2 is 2.18 bits per heavy atom. The van der Waals surface area contributed by atoms with Crippen molar-refractivity contribution < 1.29 is 9.47 Å². The number of hydrogen-bond acceptors (Lipinski definition) is 2. The summed E-state index contributed by atoms with van der Waals surface area (Å²) in [5, 5.41) is 0. The van der Waals surface area contributed by atoms with Crippen LogP contribution in [0, 0.1) is 0 Å². The summed E-state index contributed by atoms with van der Waals surface area (Å²) in [5.74, 6) is 0. The third-order valence-corrected chi connectivity index (χ3v) is 3.42. The van der Waals surface area contributed by atoms with E-state index in [0.717, 1.165) is 17.1 Å². The number of ether oxygens (including phenoxy) is 2. The lowest BCUT2D eigenvalue weighted by molar-refractivity contribution is 0.0252. The number of halogens is 1. The Bertz CT molecular complexity index is 108. The summed E-state index contributed by atoms with van der Waals surface area (Å²) in [6.45, 7) is 1.47. The van der Waals surface area contributed by atoms with Gasteiger partial charge in [-0.25, -0.2) is 0 Å². The topological polar surface area (TPSA) is 18.5 Å². The van der Waals surface area contributed by atoms with Crippen LogP contribution in [0.4, 0.5) is 0 Å². The summed E-state index contributed by atoms with van der Waals surface area (Å²) in [5.41, 5.74) is 0. The average Bonchev–Trinajstić information content (AvgIpc) is 2.37. The van der Waals surface area contributed by atoms with E-state index in [0.29, 0.717) is 6.10 Å². The van der Waals surface area contributed by atoms with Gasteiger partial charge in [-0.1, -0.05) is 22.6 Å². The molecule has 1 aliphatic carbocycles. The lowest BCUT2D eigenvalue weighted by Gasteiger charge is -2.14. The second-order valence-electron chi connectivity index (χ2n) is 2.85. The molecule has 0 heterocycles. The zero-order valence-corrected chi connectivity index (χ0v) is 9.04. The summed E-state index contributed by atoms with van der Waals surface area (Å²) < 4.78 is 11.3. The summed E-state index contributed by atoms with van der Waals surface area (Å²) >= 11 is 2.48. The van der Waals surface area contributed by atoms with Gasteiger partial charge in [0.25, 0.3) is 0 Å². The Labute approximate surface area is 81.8 Å². The number of alkyl halides is 1. The molecule has 0 aliphatic heterocycles. The van der Waals surface area contributed by atoms with Crippen LogP contribution in [0.3, 0.4) is 0 Å². The van der Waals surface area contributed by atoms with Gasteiger partial charge in [0.2, 0.25) is 0 Å². The van der Waals surface area contributed by atoms with Crippen molar-refractivity contribution in [3.8, 4) is 0 Å². The van der Waals surface area contributed by atoms with Gasteiger partial charge in [-0.05, 0) is 19.3 Å². The average molecular weight is 270 g/mol. The maximum Gasteiger partial charge on any atom is 0.0704 e. The Hall–Kier alpha value is 0.650. The smallest absolute Gasteiger partial charge is 0.0704 e. The summed E-state index contributed by atoms with van der Waals surface area (Å²) in [7, 11) is 1.71. The van der Waals surface area contributed by atoms with Crippen LogP contribution in [0.5, 0.6) is 0 Å². The molecule has 0 radical (unpaired) electrons. The van der Waals surface area contributed by atoms with Crippen molar-refractivity contribution >= 4 is 22.6 Å². The molecule has 0 aromatic carbocycles. The maximum atomic E-state index is 5.62. The van der Waals surface area contributed by atoms with Gasteiger partial charge in [-0.3, -0.25) is 0 Å². The molecule has 1 fully saturated rings. The Morgan fingerprint density at radius 3 is 2.73 bits per heavy atom. The van der Waals surface area contributed by atoms with Crippen molar-refractivity contribution in [2.75, 3.05) is 20.3 Å². The predicted molar refractivity (Wildman–Crippen MR) is 53.3 cm³/mol. The molecule has 2 atom stereocenters. The first-order chi connectivity index (χ1) is 5.34. The van der Waals surface area contributed by atoms with Gasteiger partial charge in [-0.2, -0.15) is 0 Å². The standard InChI is InChI=1S/C8H15IO2/c1-10-5-6-11-8-4-2-3-7(8)9/h7-8H,2-6H2,1H3. The van der Waals surface area contributed by atoms with Crippen LogP contribution in [-0.4, -0.2) is 30.4 Å². The Kier molecular flexibility index (Phi) is 4.71. The molecule has 0 spiro atoms. The second-order valence-corrected chi connectivity index (χ2v) is 4.45. The molecule has 2 unspecified atom stereocenters. The molecule has 11 heavy (non-hydrogen) atoms. The van der Waals surface area contributed by atoms with Crippen molar-refractivity contribution in [1.82, 2.24) is 0 Å². The van der Waals surface area contributed by atoms with Gasteiger partial charge < -0.3 is 9.47 Å². The highest BCUT2D eigenvalue weighted by Crippen LogP contribution is 2.28. The van der Waals surface area contributed by atoms with Gasteiger partial charge >= 0.3 is 0 Å². The van der Waals surface area contributed by atoms with Crippen molar-refractivity contribution in [1.29, 1.82) is 0 Å². The van der Waals surface area contributed by atoms with Crippen molar-refractivity contribution in [3.05, 3.63) is 0 Å². The van der Waals surface area contributed by atoms with Crippen LogP contribution in [0.25, 0.3) is 0 Å². The Balaban J connectivity index is 2.05. The van der Waals surface area contributed by atoms with E-state index in [1.807, 2.05) is 0 Å². The van der Waals surface area contributed by atoms with E-state index in [2.05, 4.69) is 22.6 Å². The third kappa shape index (κ3) is 3.25. The van der Waals surface area contributed by atoms with Crippen LogP contribution in [-0.2, 0) is 9.47 Å². The lowest BCUT2D eigenvalue weighted by Crippen LogP contribution is -2.19.